The molecule has 4 aromatic rings. The first-order valence-electron chi connectivity index (χ1n) is 9.64. The smallest absolute Gasteiger partial charge is 0.322 e. The Morgan fingerprint density at radius 3 is 2.61 bits per heavy atom. The zero-order chi connectivity index (χ0) is 22.8. The van der Waals surface area contributed by atoms with Gasteiger partial charge in [0.2, 0.25) is 9.84 Å². The topological polar surface area (TPSA) is 135 Å². The Morgan fingerprint density at radius 2 is 1.91 bits per heavy atom. The third-order valence-corrected chi connectivity index (χ3v) is 8.23. The third kappa shape index (κ3) is 4.98. The number of aliphatic carboxylic acids is 1. The Labute approximate surface area is 200 Å². The van der Waals surface area contributed by atoms with Gasteiger partial charge >= 0.3 is 5.97 Å². The lowest BCUT2D eigenvalue weighted by Gasteiger charge is -2.28. The molecule has 11 heteroatoms. The molecule has 1 aromatic carbocycles. The second-order valence-corrected chi connectivity index (χ2v) is 10.5. The molecule has 4 N–H and O–H groups in total. The Balaban J connectivity index is 0.00000306. The summed E-state index contributed by atoms with van der Waals surface area (Å²) >= 11 is 1.47. The first-order chi connectivity index (χ1) is 15.3. The van der Waals surface area contributed by atoms with Gasteiger partial charge in [-0.1, -0.05) is 24.3 Å². The fourth-order valence-corrected chi connectivity index (χ4v) is 6.22. The summed E-state index contributed by atoms with van der Waals surface area (Å²) in [5.74, 6) is -0.845. The molecule has 0 saturated carbocycles. The van der Waals surface area contributed by atoms with Crippen LogP contribution in [0.5, 0.6) is 0 Å². The molecule has 0 aliphatic heterocycles. The number of carboxylic acid groups (broad SMARTS) is 1. The number of hydrogen-bond donors (Lipinski definition) is 3. The number of hydrogen-bond acceptors (Lipinski definition) is 8. The molecule has 0 aliphatic carbocycles. The monoisotopic (exact) mass is 504 g/mol. The van der Waals surface area contributed by atoms with Crippen molar-refractivity contribution >= 4 is 55.5 Å². The lowest BCUT2D eigenvalue weighted by atomic mass is 10.1. The minimum Gasteiger partial charge on any atom is -0.480 e. The van der Waals surface area contributed by atoms with Gasteiger partial charge < -0.3 is 16.2 Å². The quantitative estimate of drug-likeness (QED) is 0.332. The Bertz CT molecular complexity index is 1350. The minimum atomic E-state index is -4.12. The van der Waals surface area contributed by atoms with Crippen LogP contribution < -0.4 is 11.1 Å². The third-order valence-electron chi connectivity index (χ3n) is 4.94. The summed E-state index contributed by atoms with van der Waals surface area (Å²) in [5.41, 5.74) is 6.80. The van der Waals surface area contributed by atoms with Crippen LogP contribution in [0.4, 0.5) is 5.82 Å². The molecule has 172 valence electrons. The van der Waals surface area contributed by atoms with Crippen LogP contribution in [0, 0.1) is 0 Å². The highest BCUT2D eigenvalue weighted by Gasteiger charge is 2.45. The molecule has 1 atom stereocenters. The molecule has 3 aromatic heterocycles. The number of fused-ring (bicyclic) bond motifs is 1. The lowest BCUT2D eigenvalue weighted by Crippen LogP contribution is -2.47. The maximum absolute atomic E-state index is 13.7. The van der Waals surface area contributed by atoms with Gasteiger partial charge in [0, 0.05) is 28.4 Å². The number of nitrogens with zero attached hydrogens (tertiary/aromatic N) is 2. The number of rotatable bonds is 8. The van der Waals surface area contributed by atoms with Crippen molar-refractivity contribution in [3.8, 4) is 0 Å². The molecular formula is C22H21ClN4O4S2. The molecule has 0 saturated heterocycles. The molecule has 3 heterocycles. The minimum absolute atomic E-state index is 0. The van der Waals surface area contributed by atoms with E-state index in [9.17, 15) is 13.2 Å². The summed E-state index contributed by atoms with van der Waals surface area (Å²) in [6, 6.07) is 17.3. The van der Waals surface area contributed by atoms with E-state index < -0.39 is 20.7 Å². The van der Waals surface area contributed by atoms with E-state index in [0.29, 0.717) is 0 Å². The molecule has 8 nitrogen and oxygen atoms in total. The second-order valence-electron chi connectivity index (χ2n) is 7.16. The molecule has 0 aliphatic rings. The zero-order valence-electron chi connectivity index (χ0n) is 17.2. The van der Waals surface area contributed by atoms with E-state index in [0.717, 1.165) is 15.0 Å². The van der Waals surface area contributed by atoms with Gasteiger partial charge in [0.15, 0.2) is 4.87 Å². The highest BCUT2D eigenvalue weighted by atomic mass is 35.5. The van der Waals surface area contributed by atoms with Gasteiger partial charge in [0.05, 0.1) is 10.6 Å². The first kappa shape index (κ1) is 24.6. The summed E-state index contributed by atoms with van der Waals surface area (Å²) in [7, 11) is -4.12. The van der Waals surface area contributed by atoms with Gasteiger partial charge in [0.1, 0.15) is 12.4 Å². The Hall–Kier alpha value is -3.05. The number of benzene rings is 1. The Kier molecular flexibility index (Phi) is 7.33. The van der Waals surface area contributed by atoms with E-state index in [1.165, 1.54) is 41.9 Å². The number of thiophene rings is 1. The standard InChI is InChI=1S/C22H20N4O4S2.ClH/c23-22(32(29,30)17-6-4-10-24-13-17,12-16-11-15-5-1-2-7-18(15)31-16)19-8-3-9-20(26-19)25-14-21(27)28;/h1-11,13H,12,14,23H2,(H,25,26)(H,27,28);1H. The van der Waals surface area contributed by atoms with Crippen LogP contribution in [0.15, 0.2) is 78.0 Å². The summed E-state index contributed by atoms with van der Waals surface area (Å²) in [4.78, 5) is 18.1. The van der Waals surface area contributed by atoms with Gasteiger partial charge in [-0.25, -0.2) is 13.4 Å². The number of sulfone groups is 1. The molecule has 0 fully saturated rings. The van der Waals surface area contributed by atoms with Crippen molar-refractivity contribution in [3.63, 3.8) is 0 Å². The average Bonchev–Trinajstić information content (AvgIpc) is 3.20. The molecule has 0 spiro atoms. The fourth-order valence-electron chi connectivity index (χ4n) is 3.36. The van der Waals surface area contributed by atoms with E-state index in [-0.39, 0.29) is 41.8 Å². The van der Waals surface area contributed by atoms with Gasteiger partial charge in [-0.15, -0.1) is 23.7 Å². The number of anilines is 1. The van der Waals surface area contributed by atoms with Crippen molar-refractivity contribution in [1.82, 2.24) is 9.97 Å². The van der Waals surface area contributed by atoms with E-state index in [4.69, 9.17) is 10.8 Å². The van der Waals surface area contributed by atoms with Crippen LogP contribution in [-0.4, -0.2) is 36.0 Å². The number of nitrogens with two attached hydrogens (primary N) is 1. The number of halogens is 1. The number of pyridine rings is 2. The SMILES string of the molecule is Cl.NC(Cc1cc2ccccc2s1)(c1cccc(NCC(=O)O)n1)S(=O)(=O)c1cccnc1. The van der Waals surface area contributed by atoms with Crippen LogP contribution in [0.25, 0.3) is 10.1 Å². The molecule has 0 radical (unpaired) electrons. The van der Waals surface area contributed by atoms with Gasteiger partial charge in [0.25, 0.3) is 0 Å². The summed E-state index contributed by atoms with van der Waals surface area (Å²) in [5, 5.41) is 12.6. The average molecular weight is 505 g/mol. The summed E-state index contributed by atoms with van der Waals surface area (Å²) in [6.45, 7) is -0.361. The van der Waals surface area contributed by atoms with Crippen molar-refractivity contribution in [2.24, 2.45) is 5.73 Å². The van der Waals surface area contributed by atoms with Crippen molar-refractivity contribution in [2.75, 3.05) is 11.9 Å². The predicted octanol–water partition coefficient (Wildman–Crippen LogP) is 3.44. The van der Waals surface area contributed by atoms with Crippen LogP contribution in [0.2, 0.25) is 0 Å². The predicted molar refractivity (Wildman–Crippen MR) is 130 cm³/mol. The van der Waals surface area contributed by atoms with Crippen molar-refractivity contribution in [3.05, 3.63) is 83.6 Å². The maximum atomic E-state index is 13.7. The van der Waals surface area contributed by atoms with Gasteiger partial charge in [-0.05, 0) is 41.8 Å². The molecule has 4 rings (SSSR count). The van der Waals surface area contributed by atoms with Crippen molar-refractivity contribution in [1.29, 1.82) is 0 Å². The van der Waals surface area contributed by atoms with E-state index in [1.807, 2.05) is 30.3 Å². The molecule has 1 unspecified atom stereocenters. The molecule has 0 bridgehead atoms. The van der Waals surface area contributed by atoms with Crippen molar-refractivity contribution < 1.29 is 18.3 Å². The second kappa shape index (κ2) is 9.84. The van der Waals surface area contributed by atoms with E-state index >= 15 is 0 Å². The first-order valence-corrected chi connectivity index (χ1v) is 11.9. The molecule has 33 heavy (non-hydrogen) atoms. The van der Waals surface area contributed by atoms with Crippen LogP contribution >= 0.6 is 23.7 Å². The van der Waals surface area contributed by atoms with E-state index in [2.05, 4.69) is 15.3 Å². The normalized spacial score (nSPS) is 13.1. The lowest BCUT2D eigenvalue weighted by molar-refractivity contribution is -0.134. The summed E-state index contributed by atoms with van der Waals surface area (Å²) in [6.07, 6.45) is 2.73. The Morgan fingerprint density at radius 1 is 1.12 bits per heavy atom. The largest absolute Gasteiger partial charge is 0.480 e. The number of carbonyl (C=O) groups is 1. The number of carboxylic acids is 1. The molecule has 0 amide bonds. The van der Waals surface area contributed by atoms with Crippen LogP contribution in [0.3, 0.4) is 0 Å². The van der Waals surface area contributed by atoms with Gasteiger partial charge in [-0.3, -0.25) is 9.78 Å². The summed E-state index contributed by atoms with van der Waals surface area (Å²) < 4.78 is 28.5. The zero-order valence-corrected chi connectivity index (χ0v) is 19.7. The van der Waals surface area contributed by atoms with Crippen LogP contribution in [-0.2, 0) is 25.9 Å². The number of aromatic nitrogens is 2. The van der Waals surface area contributed by atoms with E-state index in [1.54, 1.807) is 12.1 Å². The maximum Gasteiger partial charge on any atom is 0.322 e. The van der Waals surface area contributed by atoms with Crippen molar-refractivity contribution in [2.45, 2.75) is 16.2 Å². The highest BCUT2D eigenvalue weighted by Crippen LogP contribution is 2.37. The highest BCUT2D eigenvalue weighted by molar-refractivity contribution is 7.92. The molecular weight excluding hydrogens is 484 g/mol. The number of nitrogens with one attached hydrogen (secondary N) is 1. The van der Waals surface area contributed by atoms with Crippen LogP contribution in [0.1, 0.15) is 10.6 Å². The fraction of sp³-hybridized carbons (Fsp3) is 0.136. The van der Waals surface area contributed by atoms with Gasteiger partial charge in [-0.2, -0.15) is 0 Å².